The summed E-state index contributed by atoms with van der Waals surface area (Å²) in [6, 6.07) is 0.200. The molecule has 1 aromatic heterocycles. The quantitative estimate of drug-likeness (QED) is 0.877. The van der Waals surface area contributed by atoms with Gasteiger partial charge in [-0.3, -0.25) is 4.68 Å². The topological polar surface area (TPSA) is 59.4 Å². The van der Waals surface area contributed by atoms with Crippen LogP contribution in [-0.2, 0) is 11.8 Å². The summed E-state index contributed by atoms with van der Waals surface area (Å²) < 4.78 is 7.22. The Hall–Kier alpha value is -1.56. The van der Waals surface area contributed by atoms with Crippen LogP contribution in [0.1, 0.15) is 51.9 Å². The molecule has 0 saturated carbocycles. The zero-order valence-corrected chi connectivity index (χ0v) is 14.9. The van der Waals surface area contributed by atoms with Crippen LogP contribution >= 0.6 is 0 Å². The van der Waals surface area contributed by atoms with Gasteiger partial charge in [0.05, 0.1) is 5.69 Å². The lowest BCUT2D eigenvalue weighted by atomic mass is 10.1. The van der Waals surface area contributed by atoms with Crippen LogP contribution in [-0.4, -0.2) is 46.0 Å². The molecule has 1 aromatic rings. The Kier molecular flexibility index (Phi) is 6.41. The molecule has 6 heteroatoms. The van der Waals surface area contributed by atoms with Gasteiger partial charge < -0.3 is 15.0 Å². The molecule has 1 rings (SSSR count). The molecule has 0 bridgehead atoms. The normalized spacial score (nSPS) is 13.0. The SMILES string of the molecule is CCN(CCNC(C)c1cn(C)nc1C)C(=O)OC(C)(C)C. The van der Waals surface area contributed by atoms with Crippen LogP contribution in [0.2, 0.25) is 0 Å². The molecule has 0 radical (unpaired) electrons. The Morgan fingerprint density at radius 3 is 2.59 bits per heavy atom. The number of ether oxygens (including phenoxy) is 1. The van der Waals surface area contributed by atoms with Gasteiger partial charge in [-0.05, 0) is 41.5 Å². The first-order chi connectivity index (χ1) is 10.1. The van der Waals surface area contributed by atoms with E-state index in [1.165, 1.54) is 5.56 Å². The molecule has 1 unspecified atom stereocenters. The van der Waals surface area contributed by atoms with E-state index >= 15 is 0 Å². The number of nitrogens with one attached hydrogen (secondary N) is 1. The summed E-state index contributed by atoms with van der Waals surface area (Å²) >= 11 is 0. The van der Waals surface area contributed by atoms with Crippen molar-refractivity contribution in [3.8, 4) is 0 Å². The predicted octanol–water partition coefficient (Wildman–Crippen LogP) is 2.64. The van der Waals surface area contributed by atoms with Gasteiger partial charge in [0.15, 0.2) is 0 Å². The predicted molar refractivity (Wildman–Crippen MR) is 87.8 cm³/mol. The molecule has 0 aliphatic carbocycles. The van der Waals surface area contributed by atoms with Crippen molar-refractivity contribution in [3.63, 3.8) is 0 Å². The van der Waals surface area contributed by atoms with E-state index in [1.807, 2.05) is 52.5 Å². The van der Waals surface area contributed by atoms with Crippen LogP contribution in [0.15, 0.2) is 6.20 Å². The van der Waals surface area contributed by atoms with Crippen LogP contribution in [0.4, 0.5) is 4.79 Å². The minimum Gasteiger partial charge on any atom is -0.444 e. The largest absolute Gasteiger partial charge is 0.444 e. The third-order valence-corrected chi connectivity index (χ3v) is 3.38. The van der Waals surface area contributed by atoms with E-state index in [9.17, 15) is 4.79 Å². The number of aromatic nitrogens is 2. The molecule has 126 valence electrons. The van der Waals surface area contributed by atoms with Gasteiger partial charge in [0, 0.05) is 44.5 Å². The Bertz CT molecular complexity index is 491. The highest BCUT2D eigenvalue weighted by molar-refractivity contribution is 5.68. The summed E-state index contributed by atoms with van der Waals surface area (Å²) in [5.74, 6) is 0. The number of amides is 1. The average Bonchev–Trinajstić information content (AvgIpc) is 2.71. The van der Waals surface area contributed by atoms with E-state index in [0.717, 1.165) is 5.69 Å². The van der Waals surface area contributed by atoms with Crippen molar-refractivity contribution in [2.45, 2.75) is 53.2 Å². The molecule has 0 aliphatic rings. The highest BCUT2D eigenvalue weighted by Gasteiger charge is 2.21. The Morgan fingerprint density at radius 2 is 2.14 bits per heavy atom. The number of carbonyl (C=O) groups is 1. The van der Waals surface area contributed by atoms with Crippen molar-refractivity contribution in [1.29, 1.82) is 0 Å². The molecule has 0 saturated heterocycles. The second-order valence-corrected chi connectivity index (χ2v) is 6.58. The van der Waals surface area contributed by atoms with Gasteiger partial charge in [-0.1, -0.05) is 0 Å². The highest BCUT2D eigenvalue weighted by Crippen LogP contribution is 2.15. The first-order valence-corrected chi connectivity index (χ1v) is 7.85. The first kappa shape index (κ1) is 18.5. The Morgan fingerprint density at radius 1 is 1.50 bits per heavy atom. The first-order valence-electron chi connectivity index (χ1n) is 7.85. The van der Waals surface area contributed by atoms with E-state index in [0.29, 0.717) is 19.6 Å². The van der Waals surface area contributed by atoms with E-state index < -0.39 is 5.60 Å². The van der Waals surface area contributed by atoms with Crippen molar-refractivity contribution < 1.29 is 9.53 Å². The number of rotatable bonds is 6. The maximum atomic E-state index is 12.1. The van der Waals surface area contributed by atoms with Crippen LogP contribution in [0.5, 0.6) is 0 Å². The highest BCUT2D eigenvalue weighted by atomic mass is 16.6. The fourth-order valence-corrected chi connectivity index (χ4v) is 2.27. The lowest BCUT2D eigenvalue weighted by Crippen LogP contribution is -2.40. The molecule has 1 atom stereocenters. The van der Waals surface area contributed by atoms with Gasteiger partial charge >= 0.3 is 6.09 Å². The van der Waals surface area contributed by atoms with Crippen LogP contribution < -0.4 is 5.32 Å². The molecule has 6 nitrogen and oxygen atoms in total. The standard InChI is InChI=1S/C16H30N4O2/c1-8-20(15(21)22-16(4,5)6)10-9-17-12(2)14-11-19(7)18-13(14)3/h11-12,17H,8-10H2,1-7H3. The molecule has 1 amide bonds. The molecule has 1 heterocycles. The van der Waals surface area contributed by atoms with Gasteiger partial charge in [0.1, 0.15) is 5.60 Å². The molecule has 22 heavy (non-hydrogen) atoms. The molecule has 0 aliphatic heterocycles. The van der Waals surface area contributed by atoms with Crippen LogP contribution in [0.3, 0.4) is 0 Å². The third kappa shape index (κ3) is 5.67. The number of hydrogen-bond acceptors (Lipinski definition) is 4. The van der Waals surface area contributed by atoms with E-state index in [1.54, 1.807) is 4.90 Å². The lowest BCUT2D eigenvalue weighted by molar-refractivity contribution is 0.0261. The summed E-state index contributed by atoms with van der Waals surface area (Å²) in [5, 5.41) is 7.78. The second-order valence-electron chi connectivity index (χ2n) is 6.58. The van der Waals surface area contributed by atoms with Crippen molar-refractivity contribution in [2.24, 2.45) is 7.05 Å². The molecule has 1 N–H and O–H groups in total. The van der Waals surface area contributed by atoms with Crippen molar-refractivity contribution in [2.75, 3.05) is 19.6 Å². The van der Waals surface area contributed by atoms with Gasteiger partial charge in [-0.25, -0.2) is 4.79 Å². The molecule has 0 spiro atoms. The average molecular weight is 310 g/mol. The fraction of sp³-hybridized carbons (Fsp3) is 0.750. The summed E-state index contributed by atoms with van der Waals surface area (Å²) in [6.07, 6.45) is 1.76. The molecular formula is C16H30N4O2. The van der Waals surface area contributed by atoms with Gasteiger partial charge in [0.2, 0.25) is 0 Å². The second kappa shape index (κ2) is 7.63. The number of likely N-dealkylation sites (N-methyl/N-ethyl adjacent to an activating group) is 1. The summed E-state index contributed by atoms with van der Waals surface area (Å²) in [5.41, 5.74) is 1.75. The molecular weight excluding hydrogens is 280 g/mol. The summed E-state index contributed by atoms with van der Waals surface area (Å²) in [7, 11) is 1.92. The Balaban J connectivity index is 2.47. The van der Waals surface area contributed by atoms with Crippen LogP contribution in [0, 0.1) is 6.92 Å². The van der Waals surface area contributed by atoms with Crippen molar-refractivity contribution in [1.82, 2.24) is 20.0 Å². The monoisotopic (exact) mass is 310 g/mol. The number of carbonyl (C=O) groups excluding carboxylic acids is 1. The maximum absolute atomic E-state index is 12.1. The number of nitrogens with zero attached hydrogens (tertiary/aromatic N) is 3. The smallest absolute Gasteiger partial charge is 0.410 e. The van der Waals surface area contributed by atoms with Crippen LogP contribution in [0.25, 0.3) is 0 Å². The Labute approximate surface area is 133 Å². The lowest BCUT2D eigenvalue weighted by Gasteiger charge is -2.27. The minimum atomic E-state index is -0.460. The third-order valence-electron chi connectivity index (χ3n) is 3.38. The molecule has 0 aromatic carbocycles. The van der Waals surface area contributed by atoms with E-state index in [4.69, 9.17) is 4.74 Å². The molecule has 0 fully saturated rings. The number of aryl methyl sites for hydroxylation is 2. The van der Waals surface area contributed by atoms with Gasteiger partial charge in [0.25, 0.3) is 0 Å². The number of hydrogen-bond donors (Lipinski definition) is 1. The summed E-state index contributed by atoms with van der Waals surface area (Å²) in [6.45, 7) is 13.7. The zero-order valence-electron chi connectivity index (χ0n) is 14.9. The van der Waals surface area contributed by atoms with Gasteiger partial charge in [-0.2, -0.15) is 5.10 Å². The van der Waals surface area contributed by atoms with Crippen molar-refractivity contribution >= 4 is 6.09 Å². The van der Waals surface area contributed by atoms with E-state index in [2.05, 4.69) is 17.3 Å². The maximum Gasteiger partial charge on any atom is 0.410 e. The van der Waals surface area contributed by atoms with E-state index in [-0.39, 0.29) is 12.1 Å². The van der Waals surface area contributed by atoms with Crippen molar-refractivity contribution in [3.05, 3.63) is 17.5 Å². The zero-order chi connectivity index (χ0) is 16.9. The fourth-order valence-electron chi connectivity index (χ4n) is 2.27. The van der Waals surface area contributed by atoms with Gasteiger partial charge in [-0.15, -0.1) is 0 Å². The summed E-state index contributed by atoms with van der Waals surface area (Å²) in [4.78, 5) is 13.8. The minimum absolute atomic E-state index is 0.200.